The van der Waals surface area contributed by atoms with E-state index >= 15 is 0 Å². The Bertz CT molecular complexity index is 936. The van der Waals surface area contributed by atoms with Crippen LogP contribution in [0.2, 0.25) is 0 Å². The third-order valence-electron chi connectivity index (χ3n) is 4.39. The van der Waals surface area contributed by atoms with Crippen LogP contribution in [0.1, 0.15) is 31.3 Å². The van der Waals surface area contributed by atoms with Gasteiger partial charge < -0.3 is 24.3 Å². The van der Waals surface area contributed by atoms with Gasteiger partial charge >= 0.3 is 5.97 Å². The van der Waals surface area contributed by atoms with E-state index in [0.717, 1.165) is 28.2 Å². The van der Waals surface area contributed by atoms with Crippen LogP contribution >= 0.6 is 0 Å². The van der Waals surface area contributed by atoms with Crippen molar-refractivity contribution in [3.8, 4) is 11.5 Å². The minimum absolute atomic E-state index is 0.278. The van der Waals surface area contributed by atoms with Crippen molar-refractivity contribution in [1.82, 2.24) is 9.97 Å². The van der Waals surface area contributed by atoms with Crippen LogP contribution in [-0.4, -0.2) is 40.9 Å². The van der Waals surface area contributed by atoms with Crippen molar-refractivity contribution in [2.45, 2.75) is 32.5 Å². The molecule has 7 heteroatoms. The Morgan fingerprint density at radius 1 is 1.18 bits per heavy atom. The number of methoxy groups -OCH3 is 1. The van der Waals surface area contributed by atoms with Crippen molar-refractivity contribution in [1.29, 1.82) is 0 Å². The zero-order valence-corrected chi connectivity index (χ0v) is 16.1. The van der Waals surface area contributed by atoms with E-state index in [1.54, 1.807) is 14.0 Å². The minimum Gasteiger partial charge on any atom is -0.497 e. The summed E-state index contributed by atoms with van der Waals surface area (Å²) in [6, 6.07) is 13.0. The number of aromatic nitrogens is 2. The van der Waals surface area contributed by atoms with Gasteiger partial charge in [0.2, 0.25) is 0 Å². The van der Waals surface area contributed by atoms with Gasteiger partial charge in [-0.15, -0.1) is 0 Å². The van der Waals surface area contributed by atoms with Crippen LogP contribution in [-0.2, 0) is 16.0 Å². The number of fused-ring (bicyclic) bond motifs is 1. The second-order valence-corrected chi connectivity index (χ2v) is 6.40. The molecule has 28 heavy (non-hydrogen) atoms. The Hall–Kier alpha value is -3.06. The molecule has 7 nitrogen and oxygen atoms in total. The van der Waals surface area contributed by atoms with Crippen molar-refractivity contribution in [3.05, 3.63) is 53.9 Å². The summed E-state index contributed by atoms with van der Waals surface area (Å²) < 4.78 is 16.5. The molecule has 0 spiro atoms. The lowest BCUT2D eigenvalue weighted by molar-refractivity contribution is -0.149. The van der Waals surface area contributed by atoms with E-state index in [2.05, 4.69) is 9.97 Å². The van der Waals surface area contributed by atoms with E-state index in [0.29, 0.717) is 18.8 Å². The number of nitrogens with zero attached hydrogens (tertiary/aromatic N) is 1. The highest BCUT2D eigenvalue weighted by atomic mass is 16.5. The predicted molar refractivity (Wildman–Crippen MR) is 105 cm³/mol. The summed E-state index contributed by atoms with van der Waals surface area (Å²) in [4.78, 5) is 19.0. The first-order valence-electron chi connectivity index (χ1n) is 9.13. The van der Waals surface area contributed by atoms with Crippen molar-refractivity contribution in [2.24, 2.45) is 0 Å². The average Bonchev–Trinajstić information content (AvgIpc) is 3.12. The van der Waals surface area contributed by atoms with Gasteiger partial charge in [-0.3, -0.25) is 0 Å². The van der Waals surface area contributed by atoms with Crippen molar-refractivity contribution in [2.75, 3.05) is 13.7 Å². The Labute approximate surface area is 163 Å². The normalized spacial score (nSPS) is 13.2. The first-order chi connectivity index (χ1) is 13.5. The minimum atomic E-state index is -0.961. The molecule has 2 N–H and O–H groups in total. The van der Waals surface area contributed by atoms with Gasteiger partial charge in [-0.05, 0) is 43.7 Å². The van der Waals surface area contributed by atoms with Gasteiger partial charge in [0.05, 0.1) is 18.1 Å². The molecule has 3 aromatic rings. The third-order valence-corrected chi connectivity index (χ3v) is 4.39. The largest absolute Gasteiger partial charge is 0.497 e. The molecule has 0 aliphatic carbocycles. The number of imidazole rings is 1. The topological polar surface area (TPSA) is 93.7 Å². The van der Waals surface area contributed by atoms with Gasteiger partial charge in [-0.1, -0.05) is 12.1 Å². The molecule has 0 aliphatic rings. The van der Waals surface area contributed by atoms with Gasteiger partial charge in [0.15, 0.2) is 12.2 Å². The quantitative estimate of drug-likeness (QED) is 0.584. The highest BCUT2D eigenvalue weighted by molar-refractivity contribution is 5.76. The van der Waals surface area contributed by atoms with Gasteiger partial charge in [0, 0.05) is 19.1 Å². The second-order valence-electron chi connectivity index (χ2n) is 6.40. The van der Waals surface area contributed by atoms with Crippen LogP contribution in [0.15, 0.2) is 42.5 Å². The number of ether oxygens (including phenoxy) is 3. The van der Waals surface area contributed by atoms with Gasteiger partial charge in [-0.2, -0.15) is 0 Å². The van der Waals surface area contributed by atoms with Crippen molar-refractivity contribution >= 4 is 17.0 Å². The molecule has 0 saturated heterocycles. The van der Waals surface area contributed by atoms with Crippen LogP contribution in [0.5, 0.6) is 11.5 Å². The summed E-state index contributed by atoms with van der Waals surface area (Å²) in [6.45, 7) is 4.06. The molecule has 2 aromatic carbocycles. The molecule has 1 aromatic heterocycles. The van der Waals surface area contributed by atoms with E-state index in [4.69, 9.17) is 14.2 Å². The number of H-pyrrole nitrogens is 1. The van der Waals surface area contributed by atoms with Crippen LogP contribution in [0.4, 0.5) is 0 Å². The lowest BCUT2D eigenvalue weighted by atomic mass is 10.1. The second kappa shape index (κ2) is 8.75. The van der Waals surface area contributed by atoms with E-state index in [1.807, 2.05) is 49.4 Å². The Kier molecular flexibility index (Phi) is 6.16. The molecule has 2 unspecified atom stereocenters. The number of hydrogen-bond acceptors (Lipinski definition) is 5. The molecule has 0 aliphatic heterocycles. The molecule has 2 atom stereocenters. The standard InChI is InChI=1S/C21H24N2O5/c1-4-27-19(21(24)25)11-14-5-7-15(8-6-14)28-13(2)20-22-17-10-9-16(26-3)12-18(17)23-20/h5-10,12-13,19H,4,11H2,1-3H3,(H,22,23)(H,24,25). The molecule has 148 valence electrons. The molecule has 0 fully saturated rings. The molecule has 3 rings (SSSR count). The number of carboxylic acids is 1. The number of aliphatic carboxylic acids is 1. The lowest BCUT2D eigenvalue weighted by Gasteiger charge is -2.14. The monoisotopic (exact) mass is 384 g/mol. The summed E-state index contributed by atoms with van der Waals surface area (Å²) in [5, 5.41) is 9.19. The molecule has 0 amide bonds. The van der Waals surface area contributed by atoms with Crippen LogP contribution < -0.4 is 9.47 Å². The van der Waals surface area contributed by atoms with E-state index in [9.17, 15) is 9.90 Å². The van der Waals surface area contributed by atoms with Gasteiger partial charge in [0.25, 0.3) is 0 Å². The summed E-state index contributed by atoms with van der Waals surface area (Å²) in [5.41, 5.74) is 2.60. The van der Waals surface area contributed by atoms with Gasteiger partial charge in [0.1, 0.15) is 17.3 Å². The number of nitrogens with one attached hydrogen (secondary N) is 1. The zero-order valence-electron chi connectivity index (χ0n) is 16.1. The van der Waals surface area contributed by atoms with Crippen LogP contribution in [0, 0.1) is 0 Å². The summed E-state index contributed by atoms with van der Waals surface area (Å²) in [5.74, 6) is 1.20. The summed E-state index contributed by atoms with van der Waals surface area (Å²) in [7, 11) is 1.63. The molecule has 0 radical (unpaired) electrons. The maximum Gasteiger partial charge on any atom is 0.333 e. The summed E-state index contributed by atoms with van der Waals surface area (Å²) >= 11 is 0. The number of rotatable bonds is 9. The fourth-order valence-corrected chi connectivity index (χ4v) is 2.92. The molecular weight excluding hydrogens is 360 g/mol. The van der Waals surface area contributed by atoms with E-state index in [-0.39, 0.29) is 6.10 Å². The Morgan fingerprint density at radius 2 is 1.89 bits per heavy atom. The number of carboxylic acid groups (broad SMARTS) is 1. The zero-order chi connectivity index (χ0) is 20.1. The molecule has 1 heterocycles. The fourth-order valence-electron chi connectivity index (χ4n) is 2.92. The van der Waals surface area contributed by atoms with Crippen LogP contribution in [0.3, 0.4) is 0 Å². The maximum absolute atomic E-state index is 11.2. The average molecular weight is 384 g/mol. The number of hydrogen-bond donors (Lipinski definition) is 2. The maximum atomic E-state index is 11.2. The number of carbonyl (C=O) groups is 1. The van der Waals surface area contributed by atoms with Gasteiger partial charge in [-0.25, -0.2) is 9.78 Å². The highest BCUT2D eigenvalue weighted by Gasteiger charge is 2.18. The lowest BCUT2D eigenvalue weighted by Crippen LogP contribution is -2.26. The number of aromatic amines is 1. The predicted octanol–water partition coefficient (Wildman–Crippen LogP) is 3.74. The molecule has 0 bridgehead atoms. The number of benzene rings is 2. The molecule has 0 saturated carbocycles. The van der Waals surface area contributed by atoms with Crippen molar-refractivity contribution in [3.63, 3.8) is 0 Å². The first-order valence-corrected chi connectivity index (χ1v) is 9.13. The van der Waals surface area contributed by atoms with Crippen LogP contribution in [0.25, 0.3) is 11.0 Å². The van der Waals surface area contributed by atoms with E-state index < -0.39 is 12.1 Å². The SMILES string of the molecule is CCOC(Cc1ccc(OC(C)c2nc3ccc(OC)cc3[nH]2)cc1)C(=O)O. The highest BCUT2D eigenvalue weighted by Crippen LogP contribution is 2.25. The molecular formula is C21H24N2O5. The Balaban J connectivity index is 1.67. The summed E-state index contributed by atoms with van der Waals surface area (Å²) in [6.07, 6.45) is -0.813. The smallest absolute Gasteiger partial charge is 0.333 e. The first kappa shape index (κ1) is 19.7. The third kappa shape index (κ3) is 4.61. The fraction of sp³-hybridized carbons (Fsp3) is 0.333. The Morgan fingerprint density at radius 3 is 2.54 bits per heavy atom. The van der Waals surface area contributed by atoms with Crippen molar-refractivity contribution < 1.29 is 24.1 Å². The van der Waals surface area contributed by atoms with E-state index in [1.165, 1.54) is 0 Å².